The number of aromatic nitrogens is 2. The second-order valence-electron chi connectivity index (χ2n) is 5.85. The number of amides is 2. The Bertz CT molecular complexity index is 1120. The van der Waals surface area contributed by atoms with Gasteiger partial charge in [-0.05, 0) is 24.3 Å². The van der Waals surface area contributed by atoms with Gasteiger partial charge in [0.2, 0.25) is 0 Å². The number of nitrogens with zero attached hydrogens (tertiary/aromatic N) is 2. The summed E-state index contributed by atoms with van der Waals surface area (Å²) in [7, 11) is 0. The predicted octanol–water partition coefficient (Wildman–Crippen LogP) is 2.77. The van der Waals surface area contributed by atoms with Crippen molar-refractivity contribution in [1.29, 1.82) is 0 Å². The van der Waals surface area contributed by atoms with Crippen LogP contribution in [0.15, 0.2) is 52.5 Å². The van der Waals surface area contributed by atoms with Gasteiger partial charge in [-0.3, -0.25) is 9.59 Å². The number of fused-ring (bicyclic) bond motifs is 2. The van der Waals surface area contributed by atoms with E-state index in [0.29, 0.717) is 27.9 Å². The molecule has 28 heavy (non-hydrogen) atoms. The molecule has 140 valence electrons. The van der Waals surface area contributed by atoms with E-state index >= 15 is 0 Å². The highest BCUT2D eigenvalue weighted by Gasteiger charge is 2.27. The fraction of sp³-hybridized carbons (Fsp3) is 0. The van der Waals surface area contributed by atoms with Gasteiger partial charge in [0.15, 0.2) is 0 Å². The number of para-hydroxylation sites is 1. The van der Waals surface area contributed by atoms with Crippen LogP contribution in [0.4, 0.5) is 27.4 Å². The Balaban J connectivity index is 1.82. The zero-order valence-corrected chi connectivity index (χ0v) is 15.0. The van der Waals surface area contributed by atoms with Gasteiger partial charge in [0.1, 0.15) is 17.5 Å². The van der Waals surface area contributed by atoms with Crippen molar-refractivity contribution in [2.75, 3.05) is 10.6 Å². The molecule has 3 aromatic rings. The van der Waals surface area contributed by atoms with Crippen LogP contribution in [0, 0.1) is 5.82 Å². The third-order valence-corrected chi connectivity index (χ3v) is 5.19. The summed E-state index contributed by atoms with van der Waals surface area (Å²) in [4.78, 5) is 33.2. The summed E-state index contributed by atoms with van der Waals surface area (Å²) in [6.07, 6.45) is 2.39. The van der Waals surface area contributed by atoms with Gasteiger partial charge < -0.3 is 22.1 Å². The lowest BCUT2D eigenvalue weighted by atomic mass is 10.1. The molecule has 4 rings (SSSR count). The van der Waals surface area contributed by atoms with Crippen LogP contribution in [-0.2, 0) is 0 Å². The number of hydrogen-bond acceptors (Lipinski definition) is 7. The molecule has 1 aliphatic rings. The molecule has 1 aromatic carbocycles. The fourth-order valence-corrected chi connectivity index (χ4v) is 3.84. The summed E-state index contributed by atoms with van der Waals surface area (Å²) in [5.41, 5.74) is 12.3. The number of nitrogens with two attached hydrogens (primary N) is 2. The van der Waals surface area contributed by atoms with Crippen LogP contribution in [-0.4, -0.2) is 21.8 Å². The molecular weight excluding hydrogens is 383 g/mol. The first-order chi connectivity index (χ1) is 13.4. The van der Waals surface area contributed by atoms with E-state index in [1.54, 1.807) is 18.2 Å². The van der Waals surface area contributed by atoms with E-state index in [0.717, 1.165) is 11.1 Å². The SMILES string of the molecule is NC(=O)c1cccc2c1Nc1c(C(N)=O)cnc(Nc3ccc(F)cn3)c1S2. The van der Waals surface area contributed by atoms with Crippen molar-refractivity contribution in [1.82, 2.24) is 9.97 Å². The maximum atomic E-state index is 13.1. The third kappa shape index (κ3) is 3.09. The average Bonchev–Trinajstić information content (AvgIpc) is 2.67. The summed E-state index contributed by atoms with van der Waals surface area (Å²) in [5, 5.41) is 6.09. The summed E-state index contributed by atoms with van der Waals surface area (Å²) in [6.45, 7) is 0. The fourth-order valence-electron chi connectivity index (χ4n) is 2.75. The van der Waals surface area contributed by atoms with Gasteiger partial charge in [0, 0.05) is 11.1 Å². The van der Waals surface area contributed by atoms with Crippen molar-refractivity contribution in [2.45, 2.75) is 9.79 Å². The molecule has 2 amide bonds. The van der Waals surface area contributed by atoms with Gasteiger partial charge in [0.05, 0.1) is 33.6 Å². The second-order valence-corrected chi connectivity index (χ2v) is 6.90. The monoisotopic (exact) mass is 396 g/mol. The zero-order valence-electron chi connectivity index (χ0n) is 14.2. The summed E-state index contributed by atoms with van der Waals surface area (Å²) >= 11 is 1.29. The Morgan fingerprint density at radius 1 is 1.00 bits per heavy atom. The quantitative estimate of drug-likeness (QED) is 0.416. The van der Waals surface area contributed by atoms with Gasteiger partial charge in [-0.15, -0.1) is 0 Å². The minimum absolute atomic E-state index is 0.157. The van der Waals surface area contributed by atoms with Crippen molar-refractivity contribution < 1.29 is 14.0 Å². The standard InChI is InChI=1S/C18H13FN6O2S/c19-8-4-5-12(22-6-8)24-18-15-14(10(7-23-18)17(21)27)25-13-9(16(20)26)2-1-3-11(13)28-15/h1-7,25H,(H2,20,26)(H2,21,27)(H,22,23,24). The molecule has 6 N–H and O–H groups in total. The van der Waals surface area contributed by atoms with Crippen molar-refractivity contribution in [3.8, 4) is 0 Å². The van der Waals surface area contributed by atoms with Crippen LogP contribution >= 0.6 is 11.8 Å². The van der Waals surface area contributed by atoms with Crippen LogP contribution in [0.3, 0.4) is 0 Å². The number of anilines is 4. The van der Waals surface area contributed by atoms with E-state index in [9.17, 15) is 14.0 Å². The van der Waals surface area contributed by atoms with Crippen molar-refractivity contribution in [3.63, 3.8) is 0 Å². The number of carbonyl (C=O) groups excluding carboxylic acids is 2. The van der Waals surface area contributed by atoms with Gasteiger partial charge in [-0.1, -0.05) is 17.8 Å². The Kier molecular flexibility index (Phi) is 4.32. The van der Waals surface area contributed by atoms with Gasteiger partial charge >= 0.3 is 0 Å². The van der Waals surface area contributed by atoms with Crippen LogP contribution in [0.2, 0.25) is 0 Å². The van der Waals surface area contributed by atoms with E-state index < -0.39 is 17.6 Å². The smallest absolute Gasteiger partial charge is 0.252 e. The second kappa shape index (κ2) is 6.82. The molecule has 0 saturated carbocycles. The molecule has 0 aliphatic carbocycles. The van der Waals surface area contributed by atoms with Gasteiger partial charge in [0.25, 0.3) is 11.8 Å². The number of benzene rings is 1. The number of pyridine rings is 2. The molecule has 2 aromatic heterocycles. The van der Waals surface area contributed by atoms with Crippen LogP contribution in [0.25, 0.3) is 0 Å². The Morgan fingerprint density at radius 3 is 2.46 bits per heavy atom. The highest BCUT2D eigenvalue weighted by atomic mass is 32.2. The number of rotatable bonds is 4. The number of nitrogens with one attached hydrogen (secondary N) is 2. The van der Waals surface area contributed by atoms with Crippen LogP contribution in [0.5, 0.6) is 0 Å². The molecule has 0 bridgehead atoms. The van der Waals surface area contributed by atoms with Crippen LogP contribution < -0.4 is 22.1 Å². The van der Waals surface area contributed by atoms with E-state index in [1.165, 1.54) is 30.1 Å². The van der Waals surface area contributed by atoms with E-state index in [1.807, 2.05) is 0 Å². The Hall–Kier alpha value is -3.66. The molecule has 8 nitrogen and oxygen atoms in total. The number of primary amides is 2. The largest absolute Gasteiger partial charge is 0.366 e. The van der Waals surface area contributed by atoms with Gasteiger partial charge in [-0.25, -0.2) is 14.4 Å². The lowest BCUT2D eigenvalue weighted by Crippen LogP contribution is -2.19. The van der Waals surface area contributed by atoms with Crippen LogP contribution in [0.1, 0.15) is 20.7 Å². The first-order valence-corrected chi connectivity index (χ1v) is 8.84. The number of carbonyl (C=O) groups is 2. The van der Waals surface area contributed by atoms with Crippen molar-refractivity contribution >= 4 is 46.6 Å². The number of halogens is 1. The first kappa shape index (κ1) is 17.7. The highest BCUT2D eigenvalue weighted by Crippen LogP contribution is 2.49. The minimum atomic E-state index is -0.677. The summed E-state index contributed by atoms with van der Waals surface area (Å²) in [6, 6.07) is 7.83. The van der Waals surface area contributed by atoms with E-state index in [4.69, 9.17) is 11.5 Å². The Morgan fingerprint density at radius 2 is 1.79 bits per heavy atom. The molecule has 0 unspecified atom stereocenters. The highest BCUT2D eigenvalue weighted by molar-refractivity contribution is 8.00. The lowest BCUT2D eigenvalue weighted by Gasteiger charge is -2.25. The van der Waals surface area contributed by atoms with Crippen molar-refractivity contribution in [3.05, 3.63) is 59.7 Å². The molecule has 3 heterocycles. The molecule has 10 heteroatoms. The summed E-state index contributed by atoms with van der Waals surface area (Å²) in [5.74, 6) is -0.972. The minimum Gasteiger partial charge on any atom is -0.366 e. The molecular formula is C18H13FN6O2S. The maximum Gasteiger partial charge on any atom is 0.252 e. The molecule has 0 spiro atoms. The molecule has 1 aliphatic heterocycles. The normalized spacial score (nSPS) is 11.8. The lowest BCUT2D eigenvalue weighted by molar-refractivity contribution is 0.0993. The van der Waals surface area contributed by atoms with E-state index in [2.05, 4.69) is 20.6 Å². The Labute approximate surface area is 162 Å². The average molecular weight is 396 g/mol. The molecule has 0 atom stereocenters. The van der Waals surface area contributed by atoms with Gasteiger partial charge in [-0.2, -0.15) is 0 Å². The zero-order chi connectivity index (χ0) is 19.8. The third-order valence-electron chi connectivity index (χ3n) is 4.03. The van der Waals surface area contributed by atoms with E-state index in [-0.39, 0.29) is 11.1 Å². The predicted molar refractivity (Wildman–Crippen MR) is 103 cm³/mol. The van der Waals surface area contributed by atoms with Crippen molar-refractivity contribution in [2.24, 2.45) is 11.5 Å². The molecule has 0 radical (unpaired) electrons. The topological polar surface area (TPSA) is 136 Å². The number of hydrogen-bond donors (Lipinski definition) is 4. The first-order valence-electron chi connectivity index (χ1n) is 8.03. The molecule has 0 saturated heterocycles. The summed E-state index contributed by atoms with van der Waals surface area (Å²) < 4.78 is 13.1. The maximum absolute atomic E-state index is 13.1. The molecule has 0 fully saturated rings.